The van der Waals surface area contributed by atoms with E-state index in [0.717, 1.165) is 12.8 Å². The molecular formula is C24H34F3N5O4. The van der Waals surface area contributed by atoms with Crippen LogP contribution < -0.4 is 10.5 Å². The van der Waals surface area contributed by atoms with Crippen LogP contribution in [-0.2, 0) is 11.3 Å². The molecule has 3 rings (SSSR count). The SMILES string of the molecule is CN(CCCC[C@H](N)CN1CCn2c(cc3c(OCC(F)(F)F)nccc32)C1=O)C(=O)OC(C)(C)C. The molecule has 9 nitrogen and oxygen atoms in total. The molecule has 12 heteroatoms. The van der Waals surface area contributed by atoms with Crippen molar-refractivity contribution in [1.29, 1.82) is 0 Å². The van der Waals surface area contributed by atoms with E-state index in [2.05, 4.69) is 4.98 Å². The number of nitrogens with zero attached hydrogens (tertiary/aromatic N) is 4. The van der Waals surface area contributed by atoms with Crippen LogP contribution in [0.1, 0.15) is 50.5 Å². The van der Waals surface area contributed by atoms with Crippen LogP contribution >= 0.6 is 0 Å². The Balaban J connectivity index is 1.53. The minimum atomic E-state index is -4.49. The van der Waals surface area contributed by atoms with Gasteiger partial charge in [0.1, 0.15) is 11.3 Å². The van der Waals surface area contributed by atoms with E-state index in [9.17, 15) is 22.8 Å². The van der Waals surface area contributed by atoms with Crippen LogP contribution in [0.2, 0.25) is 0 Å². The molecule has 2 amide bonds. The van der Waals surface area contributed by atoms with Gasteiger partial charge < -0.3 is 29.6 Å². The van der Waals surface area contributed by atoms with E-state index >= 15 is 0 Å². The standard InChI is InChI=1S/C24H34F3N5O4/c1-23(2,3)36-22(34)30(4)10-6-5-7-16(28)14-31-11-12-32-18-8-9-29-20(35-15-24(25,26)27)17(18)13-19(32)21(31)33/h8-9,13,16H,5-7,10-12,14-15,28H2,1-4H3/t16-/m0/s1. The van der Waals surface area contributed by atoms with Crippen LogP contribution in [0.15, 0.2) is 18.3 Å². The number of aromatic nitrogens is 2. The van der Waals surface area contributed by atoms with E-state index < -0.39 is 18.4 Å². The van der Waals surface area contributed by atoms with Gasteiger partial charge in [0.15, 0.2) is 6.61 Å². The highest BCUT2D eigenvalue weighted by Gasteiger charge is 2.31. The highest BCUT2D eigenvalue weighted by Crippen LogP contribution is 2.30. The molecule has 3 heterocycles. The summed E-state index contributed by atoms with van der Waals surface area (Å²) in [5.74, 6) is -0.390. The fourth-order valence-corrected chi connectivity index (χ4v) is 4.06. The van der Waals surface area contributed by atoms with Gasteiger partial charge in [-0.2, -0.15) is 13.2 Å². The average Bonchev–Trinajstić information content (AvgIpc) is 3.15. The molecule has 0 aromatic carbocycles. The molecule has 2 aromatic heterocycles. The second-order valence-electron chi connectivity index (χ2n) is 10.0. The second-order valence-corrected chi connectivity index (χ2v) is 10.0. The molecule has 1 atom stereocenters. The molecule has 2 aromatic rings. The topological polar surface area (TPSA) is 103 Å². The summed E-state index contributed by atoms with van der Waals surface area (Å²) in [7, 11) is 1.69. The van der Waals surface area contributed by atoms with E-state index in [1.54, 1.807) is 22.6 Å². The predicted molar refractivity (Wildman–Crippen MR) is 128 cm³/mol. The lowest BCUT2D eigenvalue weighted by molar-refractivity contribution is -0.153. The number of unbranched alkanes of at least 4 members (excludes halogenated alkanes) is 1. The van der Waals surface area contributed by atoms with Crippen molar-refractivity contribution < 1.29 is 32.2 Å². The Kier molecular flexibility index (Phi) is 8.37. The van der Waals surface area contributed by atoms with Gasteiger partial charge in [-0.15, -0.1) is 0 Å². The maximum absolute atomic E-state index is 13.1. The molecule has 1 aliphatic rings. The van der Waals surface area contributed by atoms with Crippen molar-refractivity contribution >= 4 is 22.9 Å². The van der Waals surface area contributed by atoms with Crippen LogP contribution in [0.3, 0.4) is 0 Å². The number of amides is 2. The fourth-order valence-electron chi connectivity index (χ4n) is 4.06. The number of fused-ring (bicyclic) bond motifs is 3. The molecule has 0 unspecified atom stereocenters. The van der Waals surface area contributed by atoms with Gasteiger partial charge in [0, 0.05) is 45.5 Å². The van der Waals surface area contributed by atoms with E-state index in [4.69, 9.17) is 15.2 Å². The molecule has 0 spiro atoms. The Hall–Kier alpha value is -3.02. The number of carbonyl (C=O) groups is 2. The number of hydrogen-bond donors (Lipinski definition) is 1. The highest BCUT2D eigenvalue weighted by atomic mass is 19.4. The van der Waals surface area contributed by atoms with Gasteiger partial charge in [-0.3, -0.25) is 4.79 Å². The summed E-state index contributed by atoms with van der Waals surface area (Å²) in [5, 5.41) is 0.366. The summed E-state index contributed by atoms with van der Waals surface area (Å²) >= 11 is 0. The molecule has 0 saturated heterocycles. The van der Waals surface area contributed by atoms with Crippen molar-refractivity contribution in [2.45, 2.75) is 64.4 Å². The quantitative estimate of drug-likeness (QED) is 0.512. The van der Waals surface area contributed by atoms with E-state index in [1.807, 2.05) is 20.8 Å². The summed E-state index contributed by atoms with van der Waals surface area (Å²) in [5.41, 5.74) is 6.71. The first kappa shape index (κ1) is 27.6. The van der Waals surface area contributed by atoms with Crippen LogP contribution in [0.25, 0.3) is 10.9 Å². The van der Waals surface area contributed by atoms with Gasteiger partial charge in [0.05, 0.1) is 10.9 Å². The Bertz CT molecular complexity index is 1080. The zero-order valence-electron chi connectivity index (χ0n) is 21.1. The predicted octanol–water partition coefficient (Wildman–Crippen LogP) is 3.80. The van der Waals surface area contributed by atoms with E-state index in [-0.39, 0.29) is 23.9 Å². The number of alkyl halides is 3. The number of carbonyl (C=O) groups excluding carboxylic acids is 2. The lowest BCUT2D eigenvalue weighted by Crippen LogP contribution is -2.46. The molecule has 0 radical (unpaired) electrons. The smallest absolute Gasteiger partial charge is 0.422 e. The molecule has 200 valence electrons. The maximum atomic E-state index is 13.1. The molecule has 0 bridgehead atoms. The molecule has 1 aliphatic heterocycles. The first-order valence-electron chi connectivity index (χ1n) is 11.9. The van der Waals surface area contributed by atoms with Crippen LogP contribution in [0.5, 0.6) is 5.88 Å². The molecule has 2 N–H and O–H groups in total. The molecule has 0 saturated carbocycles. The number of rotatable bonds is 9. The van der Waals surface area contributed by atoms with Crippen molar-refractivity contribution in [3.05, 3.63) is 24.0 Å². The fraction of sp³-hybridized carbons (Fsp3) is 0.625. The minimum Gasteiger partial charge on any atom is -0.468 e. The first-order chi connectivity index (χ1) is 16.7. The zero-order valence-corrected chi connectivity index (χ0v) is 21.1. The first-order valence-corrected chi connectivity index (χ1v) is 11.9. The van der Waals surface area contributed by atoms with Gasteiger partial charge in [-0.25, -0.2) is 9.78 Å². The van der Waals surface area contributed by atoms with Gasteiger partial charge in [-0.05, 0) is 45.7 Å². The van der Waals surface area contributed by atoms with Crippen LogP contribution in [0, 0.1) is 0 Å². The van der Waals surface area contributed by atoms with Crippen molar-refractivity contribution in [2.24, 2.45) is 5.73 Å². The number of nitrogens with two attached hydrogens (primary N) is 1. The summed E-state index contributed by atoms with van der Waals surface area (Å²) in [6.45, 7) is 5.81. The van der Waals surface area contributed by atoms with Crippen molar-refractivity contribution in [2.75, 3.05) is 33.3 Å². The Morgan fingerprint density at radius 3 is 2.64 bits per heavy atom. The zero-order chi connectivity index (χ0) is 26.7. The third kappa shape index (κ3) is 7.25. The lowest BCUT2D eigenvalue weighted by atomic mass is 10.1. The minimum absolute atomic E-state index is 0.154. The molecule has 0 aliphatic carbocycles. The van der Waals surface area contributed by atoms with Crippen molar-refractivity contribution in [3.63, 3.8) is 0 Å². The third-order valence-electron chi connectivity index (χ3n) is 5.74. The lowest BCUT2D eigenvalue weighted by Gasteiger charge is -2.31. The van der Waals surface area contributed by atoms with Gasteiger partial charge in [0.25, 0.3) is 5.91 Å². The summed E-state index contributed by atoms with van der Waals surface area (Å²) < 4.78 is 49.8. The largest absolute Gasteiger partial charge is 0.468 e. The van der Waals surface area contributed by atoms with E-state index in [1.165, 1.54) is 17.2 Å². The normalized spacial score (nSPS) is 15.1. The number of halogens is 3. The van der Waals surface area contributed by atoms with Gasteiger partial charge >= 0.3 is 12.3 Å². The third-order valence-corrected chi connectivity index (χ3v) is 5.74. The molecule has 36 heavy (non-hydrogen) atoms. The highest BCUT2D eigenvalue weighted by molar-refractivity contribution is 6.00. The Labute approximate surface area is 208 Å². The second kappa shape index (κ2) is 10.9. The summed E-state index contributed by atoms with van der Waals surface area (Å²) in [6.07, 6.45) is -1.29. The number of hydrogen-bond acceptors (Lipinski definition) is 6. The average molecular weight is 514 g/mol. The Morgan fingerprint density at radius 2 is 1.97 bits per heavy atom. The van der Waals surface area contributed by atoms with Gasteiger partial charge in [-0.1, -0.05) is 6.42 Å². The Morgan fingerprint density at radius 1 is 1.25 bits per heavy atom. The van der Waals surface area contributed by atoms with Crippen LogP contribution in [0.4, 0.5) is 18.0 Å². The van der Waals surface area contributed by atoms with Gasteiger partial charge in [0.2, 0.25) is 5.88 Å². The number of ether oxygens (including phenoxy) is 2. The molecule has 0 fully saturated rings. The van der Waals surface area contributed by atoms with Crippen molar-refractivity contribution in [1.82, 2.24) is 19.4 Å². The molecular weight excluding hydrogens is 479 g/mol. The van der Waals surface area contributed by atoms with Crippen LogP contribution in [-0.4, -0.2) is 82.5 Å². The summed E-state index contributed by atoms with van der Waals surface area (Å²) in [4.78, 5) is 32.2. The maximum Gasteiger partial charge on any atom is 0.422 e. The number of pyridine rings is 1. The summed E-state index contributed by atoms with van der Waals surface area (Å²) in [6, 6.07) is 2.94. The van der Waals surface area contributed by atoms with E-state index in [0.29, 0.717) is 49.2 Å². The van der Waals surface area contributed by atoms with Crippen molar-refractivity contribution in [3.8, 4) is 5.88 Å². The monoisotopic (exact) mass is 513 g/mol.